The van der Waals surface area contributed by atoms with E-state index in [4.69, 9.17) is 15.2 Å². The van der Waals surface area contributed by atoms with Crippen LogP contribution in [0.25, 0.3) is 0 Å². The fourth-order valence-corrected chi connectivity index (χ4v) is 2.46. The van der Waals surface area contributed by atoms with Crippen molar-refractivity contribution in [2.75, 3.05) is 11.9 Å². The molecule has 1 saturated heterocycles. The van der Waals surface area contributed by atoms with Gasteiger partial charge in [0.05, 0.1) is 12.3 Å². The summed E-state index contributed by atoms with van der Waals surface area (Å²) in [5.41, 5.74) is 5.56. The van der Waals surface area contributed by atoms with E-state index in [0.29, 0.717) is 36.8 Å². The Morgan fingerprint density at radius 1 is 1.26 bits per heavy atom. The van der Waals surface area contributed by atoms with Gasteiger partial charge in [0.15, 0.2) is 0 Å². The van der Waals surface area contributed by atoms with E-state index < -0.39 is 29.8 Å². The summed E-state index contributed by atoms with van der Waals surface area (Å²) in [6.45, 7) is 0.510. The van der Waals surface area contributed by atoms with Crippen LogP contribution in [0.5, 0.6) is 5.75 Å². The summed E-state index contributed by atoms with van der Waals surface area (Å²) >= 11 is 0. The second-order valence-corrected chi connectivity index (χ2v) is 5.98. The Balaban J connectivity index is 1.64. The number of halogens is 1. The zero-order chi connectivity index (χ0) is 16.4. The average molecular weight is 322 g/mol. The first-order valence-electron chi connectivity index (χ1n) is 7.71. The van der Waals surface area contributed by atoms with E-state index in [1.54, 1.807) is 0 Å². The van der Waals surface area contributed by atoms with Gasteiger partial charge in [-0.2, -0.15) is 0 Å². The van der Waals surface area contributed by atoms with Gasteiger partial charge in [-0.05, 0) is 43.7 Å². The Morgan fingerprint density at radius 2 is 2.00 bits per heavy atom. The number of nitrogens with two attached hydrogens (primary N) is 1. The highest BCUT2D eigenvalue weighted by atomic mass is 19.1. The molecule has 0 radical (unpaired) electrons. The van der Waals surface area contributed by atoms with Gasteiger partial charge in [0, 0.05) is 6.07 Å². The maximum absolute atomic E-state index is 13.4. The Bertz CT molecular complexity index is 618. The smallest absolute Gasteiger partial charge is 0.253 e. The molecule has 2 atom stereocenters. The zero-order valence-electron chi connectivity index (χ0n) is 12.6. The lowest BCUT2D eigenvalue weighted by Gasteiger charge is -2.15. The molecule has 23 heavy (non-hydrogen) atoms. The molecule has 0 aromatic heterocycles. The topological polar surface area (TPSA) is 90.7 Å². The Labute approximate surface area is 133 Å². The van der Waals surface area contributed by atoms with Crippen molar-refractivity contribution in [3.05, 3.63) is 24.0 Å². The van der Waals surface area contributed by atoms with E-state index in [0.717, 1.165) is 12.8 Å². The van der Waals surface area contributed by atoms with Gasteiger partial charge in [-0.3, -0.25) is 9.59 Å². The summed E-state index contributed by atoms with van der Waals surface area (Å²) in [5, 5.41) is 2.68. The van der Waals surface area contributed by atoms with Crippen molar-refractivity contribution in [1.82, 2.24) is 0 Å². The number of rotatable bonds is 6. The van der Waals surface area contributed by atoms with Gasteiger partial charge in [-0.1, -0.05) is 0 Å². The molecule has 1 aromatic carbocycles. The molecule has 1 heterocycles. The highest BCUT2D eigenvalue weighted by Crippen LogP contribution is 2.32. The number of ether oxygens (including phenoxy) is 2. The fourth-order valence-electron chi connectivity index (χ4n) is 2.46. The SMILES string of the molecule is NC(=O)[C@H]1CC[C@@H](C(=O)Nc2ccc(F)cc2OCC2CC2)O1. The lowest BCUT2D eigenvalue weighted by molar-refractivity contribution is -0.134. The Kier molecular flexibility index (Phi) is 4.47. The first-order chi connectivity index (χ1) is 11.0. The minimum absolute atomic E-state index is 0.301. The molecule has 0 spiro atoms. The van der Waals surface area contributed by atoms with Gasteiger partial charge in [0.25, 0.3) is 5.91 Å². The molecule has 124 valence electrons. The van der Waals surface area contributed by atoms with Crippen molar-refractivity contribution in [3.8, 4) is 5.75 Å². The molecule has 1 aliphatic heterocycles. The zero-order valence-corrected chi connectivity index (χ0v) is 12.6. The van der Waals surface area contributed by atoms with E-state index in [-0.39, 0.29) is 0 Å². The van der Waals surface area contributed by atoms with E-state index >= 15 is 0 Å². The summed E-state index contributed by atoms with van der Waals surface area (Å²) in [6, 6.07) is 3.96. The fraction of sp³-hybridized carbons (Fsp3) is 0.500. The van der Waals surface area contributed by atoms with Crippen LogP contribution in [-0.2, 0) is 14.3 Å². The first kappa shape index (κ1) is 15.7. The van der Waals surface area contributed by atoms with Crippen molar-refractivity contribution >= 4 is 17.5 Å². The van der Waals surface area contributed by atoms with Crippen LogP contribution in [-0.4, -0.2) is 30.6 Å². The number of hydrogen-bond acceptors (Lipinski definition) is 4. The van der Waals surface area contributed by atoms with Gasteiger partial charge in [-0.25, -0.2) is 4.39 Å². The normalized spacial score (nSPS) is 23.5. The van der Waals surface area contributed by atoms with Gasteiger partial charge in [0.2, 0.25) is 5.91 Å². The summed E-state index contributed by atoms with van der Waals surface area (Å²) < 4.78 is 24.3. The third-order valence-corrected chi connectivity index (χ3v) is 4.00. The van der Waals surface area contributed by atoms with Crippen LogP contribution >= 0.6 is 0 Å². The largest absolute Gasteiger partial charge is 0.491 e. The summed E-state index contributed by atoms with van der Waals surface area (Å²) in [5.74, 6) is -0.585. The van der Waals surface area contributed by atoms with Crippen LogP contribution in [0.2, 0.25) is 0 Å². The van der Waals surface area contributed by atoms with Gasteiger partial charge in [0.1, 0.15) is 23.8 Å². The monoisotopic (exact) mass is 322 g/mol. The van der Waals surface area contributed by atoms with E-state index in [1.807, 2.05) is 0 Å². The number of hydrogen-bond donors (Lipinski definition) is 2. The van der Waals surface area contributed by atoms with Crippen molar-refractivity contribution in [2.45, 2.75) is 37.9 Å². The van der Waals surface area contributed by atoms with Crippen molar-refractivity contribution < 1.29 is 23.5 Å². The maximum atomic E-state index is 13.4. The number of benzene rings is 1. The Morgan fingerprint density at radius 3 is 2.65 bits per heavy atom. The van der Waals surface area contributed by atoms with Gasteiger partial charge in [-0.15, -0.1) is 0 Å². The van der Waals surface area contributed by atoms with Crippen LogP contribution in [0.1, 0.15) is 25.7 Å². The molecular weight excluding hydrogens is 303 g/mol. The van der Waals surface area contributed by atoms with Gasteiger partial charge < -0.3 is 20.5 Å². The quantitative estimate of drug-likeness (QED) is 0.832. The predicted molar refractivity (Wildman–Crippen MR) is 80.3 cm³/mol. The predicted octanol–water partition coefficient (Wildman–Crippen LogP) is 1.59. The molecule has 1 aromatic rings. The highest BCUT2D eigenvalue weighted by Gasteiger charge is 2.34. The number of carbonyl (C=O) groups is 2. The molecule has 1 saturated carbocycles. The molecule has 6 nitrogen and oxygen atoms in total. The lowest BCUT2D eigenvalue weighted by Crippen LogP contribution is -2.32. The number of carbonyl (C=O) groups excluding carboxylic acids is 2. The lowest BCUT2D eigenvalue weighted by atomic mass is 10.2. The molecule has 2 fully saturated rings. The van der Waals surface area contributed by atoms with Crippen molar-refractivity contribution in [2.24, 2.45) is 11.7 Å². The molecule has 2 amide bonds. The number of primary amides is 1. The minimum atomic E-state index is -0.742. The standard InChI is InChI=1S/C16H19FN2O4/c17-10-3-4-11(14(7-10)22-8-9-1-2-9)19-16(21)13-6-5-12(23-13)15(18)20/h3-4,7,9,12-13H,1-2,5-6,8H2,(H2,18,20)(H,19,21)/t12-,13+/m1/s1. The number of nitrogens with one attached hydrogen (secondary N) is 1. The summed E-state index contributed by atoms with van der Waals surface area (Å²) in [7, 11) is 0. The Hall–Kier alpha value is -2.15. The molecule has 0 unspecified atom stereocenters. The average Bonchev–Trinajstić information content (AvgIpc) is 3.20. The van der Waals surface area contributed by atoms with Crippen LogP contribution in [0.3, 0.4) is 0 Å². The molecule has 0 bridgehead atoms. The molecule has 7 heteroatoms. The van der Waals surface area contributed by atoms with Crippen molar-refractivity contribution in [1.29, 1.82) is 0 Å². The van der Waals surface area contributed by atoms with E-state index in [9.17, 15) is 14.0 Å². The molecule has 3 N–H and O–H groups in total. The van der Waals surface area contributed by atoms with E-state index in [2.05, 4.69) is 5.32 Å². The van der Waals surface area contributed by atoms with Gasteiger partial charge >= 0.3 is 0 Å². The third kappa shape index (κ3) is 3.98. The number of amides is 2. The molecule has 2 aliphatic rings. The first-order valence-corrected chi connectivity index (χ1v) is 7.71. The number of anilines is 1. The van der Waals surface area contributed by atoms with Crippen LogP contribution in [0, 0.1) is 11.7 Å². The van der Waals surface area contributed by atoms with E-state index in [1.165, 1.54) is 18.2 Å². The molecule has 1 aliphatic carbocycles. The molecule has 3 rings (SSSR count). The highest BCUT2D eigenvalue weighted by molar-refractivity contribution is 5.96. The second kappa shape index (κ2) is 6.54. The molecular formula is C16H19FN2O4. The summed E-state index contributed by atoms with van der Waals surface area (Å²) in [4.78, 5) is 23.3. The van der Waals surface area contributed by atoms with Crippen molar-refractivity contribution in [3.63, 3.8) is 0 Å². The van der Waals surface area contributed by atoms with Crippen LogP contribution in [0.4, 0.5) is 10.1 Å². The minimum Gasteiger partial charge on any atom is -0.491 e. The van der Waals surface area contributed by atoms with Crippen LogP contribution in [0.15, 0.2) is 18.2 Å². The summed E-state index contributed by atoms with van der Waals surface area (Å²) in [6.07, 6.45) is 1.59. The third-order valence-electron chi connectivity index (χ3n) is 4.00. The second-order valence-electron chi connectivity index (χ2n) is 5.98. The maximum Gasteiger partial charge on any atom is 0.253 e. The van der Waals surface area contributed by atoms with Crippen LogP contribution < -0.4 is 15.8 Å².